The molecule has 1 aliphatic rings. The second kappa shape index (κ2) is 12.1. The van der Waals surface area contributed by atoms with Crippen LogP contribution in [-0.2, 0) is 19.8 Å². The van der Waals surface area contributed by atoms with E-state index >= 15 is 0 Å². The van der Waals surface area contributed by atoms with Crippen molar-refractivity contribution in [1.82, 2.24) is 9.55 Å². The molecule has 1 saturated heterocycles. The summed E-state index contributed by atoms with van der Waals surface area (Å²) in [6.07, 6.45) is -3.02. The summed E-state index contributed by atoms with van der Waals surface area (Å²) in [4.78, 5) is 27.5. The lowest BCUT2D eigenvalue weighted by Crippen LogP contribution is -2.43. The summed E-state index contributed by atoms with van der Waals surface area (Å²) in [5.74, 6) is 1.37. The van der Waals surface area contributed by atoms with E-state index in [1.54, 1.807) is 14.2 Å². The number of aliphatic hydroxyl groups excluding tert-OH is 1. The largest absolute Gasteiger partial charge is 0.497 e. The van der Waals surface area contributed by atoms with Crippen molar-refractivity contribution < 1.29 is 28.8 Å². The van der Waals surface area contributed by atoms with Crippen LogP contribution in [0, 0.1) is 0 Å². The number of nitrogens with one attached hydrogen (secondary N) is 1. The maximum atomic E-state index is 12.6. The minimum absolute atomic E-state index is 0.107. The Morgan fingerprint density at radius 3 is 1.90 bits per heavy atom. The molecule has 214 valence electrons. The van der Waals surface area contributed by atoms with Gasteiger partial charge in [0.05, 0.1) is 20.8 Å². The molecule has 1 aliphatic heterocycles. The van der Waals surface area contributed by atoms with Crippen LogP contribution in [0.1, 0.15) is 22.9 Å². The molecule has 4 atom stereocenters. The van der Waals surface area contributed by atoms with Gasteiger partial charge in [0, 0.05) is 19.4 Å². The summed E-state index contributed by atoms with van der Waals surface area (Å²) < 4.78 is 30.1. The molecule has 2 heterocycles. The fourth-order valence-corrected chi connectivity index (χ4v) is 5.28. The Bertz CT molecular complexity index is 1470. The first-order valence-electron chi connectivity index (χ1n) is 13.1. The van der Waals surface area contributed by atoms with Crippen molar-refractivity contribution in [2.45, 2.75) is 30.1 Å². The molecule has 4 aromatic rings. The van der Waals surface area contributed by atoms with Crippen molar-refractivity contribution >= 4 is 0 Å². The van der Waals surface area contributed by atoms with E-state index in [4.69, 9.17) is 23.7 Å². The van der Waals surface area contributed by atoms with Gasteiger partial charge in [-0.2, -0.15) is 0 Å². The van der Waals surface area contributed by atoms with Gasteiger partial charge < -0.3 is 33.8 Å². The van der Waals surface area contributed by atoms with E-state index in [9.17, 15) is 14.7 Å². The molecule has 0 radical (unpaired) electrons. The van der Waals surface area contributed by atoms with Crippen LogP contribution in [0.4, 0.5) is 0 Å². The SMILES string of the molecule is COc1ccc(C(OC[C@H]2O[C@@H](n3c(=O)cc[nH]c3=O)[C@H](OC)[C@@H]2O)(c2ccccc2)c2ccc(OC)cc2)cc1. The molecule has 0 spiro atoms. The molecular weight excluding hydrogens is 528 g/mol. The third-order valence-corrected chi connectivity index (χ3v) is 7.37. The van der Waals surface area contributed by atoms with E-state index in [2.05, 4.69) is 4.98 Å². The van der Waals surface area contributed by atoms with Crippen molar-refractivity contribution in [3.63, 3.8) is 0 Å². The molecule has 0 saturated carbocycles. The Morgan fingerprint density at radius 1 is 0.829 bits per heavy atom. The predicted molar refractivity (Wildman–Crippen MR) is 150 cm³/mol. The number of H-pyrrole nitrogens is 1. The molecule has 1 aromatic heterocycles. The summed E-state index contributed by atoms with van der Waals surface area (Å²) >= 11 is 0. The van der Waals surface area contributed by atoms with Gasteiger partial charge in [0.25, 0.3) is 5.56 Å². The molecule has 0 unspecified atom stereocenters. The summed E-state index contributed by atoms with van der Waals surface area (Å²) in [5.41, 5.74) is 0.0387. The molecule has 2 N–H and O–H groups in total. The molecule has 1 fully saturated rings. The first kappa shape index (κ1) is 28.3. The highest BCUT2D eigenvalue weighted by atomic mass is 16.6. The number of methoxy groups -OCH3 is 3. The van der Waals surface area contributed by atoms with Crippen LogP contribution in [0.3, 0.4) is 0 Å². The van der Waals surface area contributed by atoms with Gasteiger partial charge in [0.15, 0.2) is 6.23 Å². The van der Waals surface area contributed by atoms with Crippen LogP contribution in [0.2, 0.25) is 0 Å². The van der Waals surface area contributed by atoms with Crippen LogP contribution in [0.5, 0.6) is 11.5 Å². The highest BCUT2D eigenvalue weighted by Crippen LogP contribution is 2.42. The monoisotopic (exact) mass is 560 g/mol. The van der Waals surface area contributed by atoms with E-state index in [1.807, 2.05) is 78.9 Å². The maximum absolute atomic E-state index is 12.6. The molecule has 5 rings (SSSR count). The van der Waals surface area contributed by atoms with Gasteiger partial charge in [-0.3, -0.25) is 4.79 Å². The smallest absolute Gasteiger partial charge is 0.330 e. The highest BCUT2D eigenvalue weighted by molar-refractivity contribution is 5.49. The zero-order valence-corrected chi connectivity index (χ0v) is 22.9. The van der Waals surface area contributed by atoms with Crippen LogP contribution in [0.25, 0.3) is 0 Å². The number of aromatic amines is 1. The molecule has 0 bridgehead atoms. The Balaban J connectivity index is 1.58. The van der Waals surface area contributed by atoms with Crippen molar-refractivity contribution in [3.8, 4) is 11.5 Å². The standard InChI is InChI=1S/C31H32N2O8/c1-37-23-13-9-21(10-14-23)31(20-7-5-4-6-8-20,22-11-15-24(38-2)16-12-22)40-19-25-27(35)28(39-3)29(41-25)33-26(34)17-18-32-30(33)36/h4-18,25,27-29,35H,19H2,1-3H3,(H,32,36)/t25-,27-,28-,29-/m1/s1. The average Bonchev–Trinajstić information content (AvgIpc) is 3.32. The summed E-state index contributed by atoms with van der Waals surface area (Å²) in [6, 6.07) is 26.0. The fraction of sp³-hybridized carbons (Fsp3) is 0.290. The Labute approximate surface area is 236 Å². The van der Waals surface area contributed by atoms with Crippen molar-refractivity contribution in [2.75, 3.05) is 27.9 Å². The number of aliphatic hydroxyl groups is 1. The molecule has 10 nitrogen and oxygen atoms in total. The lowest BCUT2D eigenvalue weighted by molar-refractivity contribution is -0.0974. The number of rotatable bonds is 10. The number of ether oxygens (including phenoxy) is 5. The van der Waals surface area contributed by atoms with E-state index in [-0.39, 0.29) is 6.61 Å². The number of hydrogen-bond donors (Lipinski definition) is 2. The van der Waals surface area contributed by atoms with Crippen molar-refractivity contribution in [3.05, 3.63) is 129 Å². The molecule has 10 heteroatoms. The van der Waals surface area contributed by atoms with Gasteiger partial charge in [0.1, 0.15) is 35.4 Å². The Kier molecular flexibility index (Phi) is 8.36. The quantitative estimate of drug-likeness (QED) is 0.284. The third kappa shape index (κ3) is 5.30. The predicted octanol–water partition coefficient (Wildman–Crippen LogP) is 2.84. The first-order chi connectivity index (χ1) is 19.9. The molecule has 0 amide bonds. The van der Waals surface area contributed by atoms with Gasteiger partial charge in [-0.15, -0.1) is 0 Å². The normalized spacial score (nSPS) is 20.6. The van der Waals surface area contributed by atoms with Crippen molar-refractivity contribution in [1.29, 1.82) is 0 Å². The van der Waals surface area contributed by atoms with E-state index in [0.29, 0.717) is 11.5 Å². The molecule has 41 heavy (non-hydrogen) atoms. The first-order valence-corrected chi connectivity index (χ1v) is 13.1. The topological polar surface area (TPSA) is 121 Å². The maximum Gasteiger partial charge on any atom is 0.330 e. The second-order valence-corrected chi connectivity index (χ2v) is 9.56. The van der Waals surface area contributed by atoms with Crippen LogP contribution >= 0.6 is 0 Å². The van der Waals surface area contributed by atoms with E-state index < -0.39 is 41.4 Å². The molecule has 3 aromatic carbocycles. The fourth-order valence-electron chi connectivity index (χ4n) is 5.28. The van der Waals surface area contributed by atoms with Gasteiger partial charge in [0.2, 0.25) is 0 Å². The number of nitrogens with zero attached hydrogens (tertiary/aromatic N) is 1. The second-order valence-electron chi connectivity index (χ2n) is 9.56. The van der Waals surface area contributed by atoms with Crippen molar-refractivity contribution in [2.24, 2.45) is 0 Å². The van der Waals surface area contributed by atoms with Crippen LogP contribution < -0.4 is 20.7 Å². The highest BCUT2D eigenvalue weighted by Gasteiger charge is 2.48. The lowest BCUT2D eigenvalue weighted by Gasteiger charge is -2.37. The number of hydrogen-bond acceptors (Lipinski definition) is 8. The summed E-state index contributed by atoms with van der Waals surface area (Å²) in [7, 11) is 4.59. The number of benzene rings is 3. The Morgan fingerprint density at radius 2 is 1.39 bits per heavy atom. The minimum atomic E-state index is -1.20. The third-order valence-electron chi connectivity index (χ3n) is 7.37. The van der Waals surface area contributed by atoms with Gasteiger partial charge in [-0.05, 0) is 41.0 Å². The lowest BCUT2D eigenvalue weighted by atomic mass is 9.80. The van der Waals surface area contributed by atoms with Gasteiger partial charge in [-0.1, -0.05) is 54.6 Å². The van der Waals surface area contributed by atoms with Crippen LogP contribution in [0.15, 0.2) is 101 Å². The summed E-state index contributed by atoms with van der Waals surface area (Å²) in [5, 5.41) is 11.2. The average molecular weight is 561 g/mol. The number of aromatic nitrogens is 2. The van der Waals surface area contributed by atoms with Gasteiger partial charge in [-0.25, -0.2) is 9.36 Å². The Hall–Kier alpha value is -4.22. The van der Waals surface area contributed by atoms with Gasteiger partial charge >= 0.3 is 5.69 Å². The zero-order valence-electron chi connectivity index (χ0n) is 22.9. The minimum Gasteiger partial charge on any atom is -0.497 e. The molecule has 0 aliphatic carbocycles. The van der Waals surface area contributed by atoms with E-state index in [0.717, 1.165) is 21.3 Å². The van der Waals surface area contributed by atoms with E-state index in [1.165, 1.54) is 19.4 Å². The summed E-state index contributed by atoms with van der Waals surface area (Å²) in [6.45, 7) is -0.107. The van der Waals surface area contributed by atoms with Crippen LogP contribution in [-0.4, -0.2) is 60.9 Å². The molecular formula is C31H32N2O8. The zero-order chi connectivity index (χ0) is 29.0.